The normalized spacial score (nSPS) is 24.0. The van der Waals surface area contributed by atoms with Gasteiger partial charge in [0.1, 0.15) is 5.75 Å². The number of nitrogens with one attached hydrogen (secondary N) is 1. The second-order valence-electron chi connectivity index (χ2n) is 8.02. The molecule has 31 heavy (non-hydrogen) atoms. The van der Waals surface area contributed by atoms with Crippen LogP contribution in [-0.4, -0.2) is 35.3 Å². The van der Waals surface area contributed by atoms with Crippen molar-refractivity contribution in [3.63, 3.8) is 0 Å². The molecule has 1 aliphatic carbocycles. The molecule has 2 aliphatic rings. The van der Waals surface area contributed by atoms with Crippen molar-refractivity contribution in [2.45, 2.75) is 50.4 Å². The van der Waals surface area contributed by atoms with Crippen LogP contribution in [0.15, 0.2) is 66.7 Å². The van der Waals surface area contributed by atoms with E-state index in [1.807, 2.05) is 18.2 Å². The summed E-state index contributed by atoms with van der Waals surface area (Å²) in [7, 11) is 0. The zero-order chi connectivity index (χ0) is 21.6. The molecule has 4 unspecified atom stereocenters. The number of unbranched alkanes of at least 4 members (excludes halogenated alkanes) is 1. The lowest BCUT2D eigenvalue weighted by Crippen LogP contribution is -2.19. The topological polar surface area (TPSA) is 88.2 Å². The summed E-state index contributed by atoms with van der Waals surface area (Å²) in [5.41, 5.74) is 1.21. The first-order chi connectivity index (χ1) is 15.1. The van der Waals surface area contributed by atoms with Crippen LogP contribution in [0.3, 0.4) is 0 Å². The van der Waals surface area contributed by atoms with E-state index in [1.54, 1.807) is 36.4 Å². The highest BCUT2D eigenvalue weighted by atomic mass is 16.6. The van der Waals surface area contributed by atoms with Crippen LogP contribution in [0.4, 0.5) is 5.69 Å². The van der Waals surface area contributed by atoms with E-state index in [4.69, 9.17) is 9.47 Å². The van der Waals surface area contributed by atoms with Crippen molar-refractivity contribution in [2.75, 3.05) is 5.32 Å². The van der Waals surface area contributed by atoms with E-state index < -0.39 is 0 Å². The van der Waals surface area contributed by atoms with Gasteiger partial charge in [-0.3, -0.25) is 9.59 Å². The quantitative estimate of drug-likeness (QED) is 0.209. The number of epoxide rings is 1. The Balaban J connectivity index is 1.13. The van der Waals surface area contributed by atoms with Gasteiger partial charge in [-0.15, -0.1) is 0 Å². The lowest BCUT2D eigenvalue weighted by Gasteiger charge is -2.13. The van der Waals surface area contributed by atoms with Gasteiger partial charge >= 0.3 is 5.97 Å². The standard InChI is InChI=1S/C25H27NO5/c27-21-16-22-24(31-22)20(21)10-6-1-2-7-11-23(28)30-19-14-12-18(13-15-19)26-25(29)17-8-4-3-5-9-17/h1,3-6,8-9,12-15,20-22,24,27H,2,7,10-11,16H2,(H,26,29)/b6-1+. The number of fused-ring (bicyclic) bond motifs is 1. The number of aliphatic hydroxyl groups is 1. The molecular weight excluding hydrogens is 394 g/mol. The highest BCUT2D eigenvalue weighted by Gasteiger charge is 2.54. The van der Waals surface area contributed by atoms with E-state index >= 15 is 0 Å². The third-order valence-corrected chi connectivity index (χ3v) is 5.72. The predicted molar refractivity (Wildman–Crippen MR) is 117 cm³/mol. The number of allylic oxidation sites excluding steroid dienone is 2. The minimum atomic E-state index is -0.282. The molecule has 162 valence electrons. The van der Waals surface area contributed by atoms with Crippen molar-refractivity contribution in [2.24, 2.45) is 5.92 Å². The van der Waals surface area contributed by atoms with E-state index in [9.17, 15) is 14.7 Å². The van der Waals surface area contributed by atoms with Crippen LogP contribution >= 0.6 is 0 Å². The highest BCUT2D eigenvalue weighted by Crippen LogP contribution is 2.44. The summed E-state index contributed by atoms with van der Waals surface area (Å²) in [6.07, 6.45) is 7.80. The van der Waals surface area contributed by atoms with Crippen LogP contribution in [0.25, 0.3) is 0 Å². The van der Waals surface area contributed by atoms with Crippen molar-refractivity contribution >= 4 is 17.6 Å². The first kappa shape index (κ1) is 21.3. The van der Waals surface area contributed by atoms with Gasteiger partial charge in [0.25, 0.3) is 5.91 Å². The number of hydrogen-bond donors (Lipinski definition) is 2. The molecule has 1 saturated carbocycles. The van der Waals surface area contributed by atoms with Gasteiger partial charge in [-0.25, -0.2) is 0 Å². The van der Waals surface area contributed by atoms with E-state index in [1.165, 1.54) is 0 Å². The molecule has 1 amide bonds. The number of esters is 1. The molecule has 2 aromatic rings. The van der Waals surface area contributed by atoms with E-state index in [-0.39, 0.29) is 36.1 Å². The molecular formula is C25H27NO5. The van der Waals surface area contributed by atoms with Gasteiger partial charge in [0.15, 0.2) is 0 Å². The number of hydrogen-bond acceptors (Lipinski definition) is 5. The fourth-order valence-electron chi connectivity index (χ4n) is 3.96. The van der Waals surface area contributed by atoms with Crippen molar-refractivity contribution < 1.29 is 24.2 Å². The maximum absolute atomic E-state index is 12.2. The fraction of sp³-hybridized carbons (Fsp3) is 0.360. The fourth-order valence-corrected chi connectivity index (χ4v) is 3.96. The van der Waals surface area contributed by atoms with Gasteiger partial charge in [-0.05, 0) is 55.7 Å². The summed E-state index contributed by atoms with van der Waals surface area (Å²) < 4.78 is 10.8. The van der Waals surface area contributed by atoms with Crippen LogP contribution in [0.1, 0.15) is 42.5 Å². The molecule has 0 bridgehead atoms. The first-order valence-electron chi connectivity index (χ1n) is 10.8. The first-order valence-corrected chi connectivity index (χ1v) is 10.8. The summed E-state index contributed by atoms with van der Waals surface area (Å²) in [4.78, 5) is 24.2. The number of benzene rings is 2. The molecule has 4 rings (SSSR count). The Hall–Kier alpha value is -2.96. The van der Waals surface area contributed by atoms with Crippen molar-refractivity contribution in [1.29, 1.82) is 0 Å². The van der Waals surface area contributed by atoms with E-state index in [2.05, 4.69) is 17.5 Å². The average Bonchev–Trinajstić information content (AvgIpc) is 3.46. The minimum absolute atomic E-state index is 0.190. The van der Waals surface area contributed by atoms with Crippen LogP contribution < -0.4 is 10.1 Å². The van der Waals surface area contributed by atoms with Crippen molar-refractivity contribution in [3.05, 3.63) is 72.3 Å². The number of aliphatic hydroxyl groups excluding tert-OH is 1. The molecule has 2 aromatic carbocycles. The van der Waals surface area contributed by atoms with Gasteiger partial charge in [-0.1, -0.05) is 30.4 Å². The molecule has 6 heteroatoms. The van der Waals surface area contributed by atoms with Crippen molar-refractivity contribution in [3.8, 4) is 5.75 Å². The Morgan fingerprint density at radius 2 is 1.87 bits per heavy atom. The lowest BCUT2D eigenvalue weighted by molar-refractivity contribution is -0.134. The maximum atomic E-state index is 12.2. The van der Waals surface area contributed by atoms with Crippen LogP contribution in [0.2, 0.25) is 0 Å². The largest absolute Gasteiger partial charge is 0.427 e. The number of amides is 1. The van der Waals surface area contributed by atoms with Gasteiger partial charge < -0.3 is 19.9 Å². The van der Waals surface area contributed by atoms with Gasteiger partial charge in [0.2, 0.25) is 0 Å². The smallest absolute Gasteiger partial charge is 0.311 e. The summed E-state index contributed by atoms with van der Waals surface area (Å²) in [6.45, 7) is 0. The van der Waals surface area contributed by atoms with Crippen LogP contribution in [-0.2, 0) is 9.53 Å². The molecule has 2 fully saturated rings. The third kappa shape index (κ3) is 5.81. The molecule has 0 spiro atoms. The summed E-state index contributed by atoms with van der Waals surface area (Å²) in [5.74, 6) is 0.194. The molecule has 2 N–H and O–H groups in total. The molecule has 0 radical (unpaired) electrons. The van der Waals surface area contributed by atoms with E-state index in [0.717, 1.165) is 19.3 Å². The van der Waals surface area contributed by atoms with Gasteiger partial charge in [-0.2, -0.15) is 0 Å². The maximum Gasteiger partial charge on any atom is 0.311 e. The summed E-state index contributed by atoms with van der Waals surface area (Å²) in [5, 5.41) is 12.7. The molecule has 1 heterocycles. The second kappa shape index (κ2) is 9.90. The Labute approximate surface area is 181 Å². The van der Waals surface area contributed by atoms with Crippen LogP contribution in [0, 0.1) is 5.92 Å². The van der Waals surface area contributed by atoms with Crippen LogP contribution in [0.5, 0.6) is 5.75 Å². The zero-order valence-electron chi connectivity index (χ0n) is 17.3. The minimum Gasteiger partial charge on any atom is -0.427 e. The summed E-state index contributed by atoms with van der Waals surface area (Å²) in [6, 6.07) is 15.7. The molecule has 1 saturated heterocycles. The molecule has 0 aromatic heterocycles. The highest BCUT2D eigenvalue weighted by molar-refractivity contribution is 6.04. The average molecular weight is 421 g/mol. The number of anilines is 1. The van der Waals surface area contributed by atoms with Crippen molar-refractivity contribution in [1.82, 2.24) is 0 Å². The Morgan fingerprint density at radius 3 is 2.58 bits per heavy atom. The summed E-state index contributed by atoms with van der Waals surface area (Å²) >= 11 is 0. The van der Waals surface area contributed by atoms with E-state index in [0.29, 0.717) is 29.8 Å². The SMILES string of the molecule is O=C(CCC/C=C/CC1C(O)CC2OC21)Oc1ccc(NC(=O)c2ccccc2)cc1. The third-order valence-electron chi connectivity index (χ3n) is 5.72. The predicted octanol–water partition coefficient (Wildman–Crippen LogP) is 4.11. The Kier molecular flexibility index (Phi) is 6.79. The molecule has 6 nitrogen and oxygen atoms in total. The molecule has 4 atom stereocenters. The number of carbonyl (C=O) groups is 2. The number of rotatable bonds is 9. The lowest BCUT2D eigenvalue weighted by atomic mass is 10.00. The van der Waals surface area contributed by atoms with Gasteiger partial charge in [0, 0.05) is 30.0 Å². The Bertz CT molecular complexity index is 923. The monoisotopic (exact) mass is 421 g/mol. The Morgan fingerprint density at radius 1 is 1.10 bits per heavy atom. The van der Waals surface area contributed by atoms with Gasteiger partial charge in [0.05, 0.1) is 18.3 Å². The second-order valence-corrected chi connectivity index (χ2v) is 8.02. The number of carbonyl (C=O) groups excluding carboxylic acids is 2. The number of ether oxygens (including phenoxy) is 2. The zero-order valence-corrected chi connectivity index (χ0v) is 17.3. The molecule has 1 aliphatic heterocycles.